The Balaban J connectivity index is 0.00000121. The fraction of sp³-hybridized carbons (Fsp3) is 0.125. The van der Waals surface area contributed by atoms with E-state index in [4.69, 9.17) is 10.2 Å². The van der Waals surface area contributed by atoms with Crippen LogP contribution in [0.25, 0.3) is 0 Å². The van der Waals surface area contributed by atoms with Gasteiger partial charge in [0.25, 0.3) is 0 Å². The molecular formula is C8H10O4. The molecule has 0 unspecified atom stereocenters. The van der Waals surface area contributed by atoms with Gasteiger partial charge in [-0.3, -0.25) is 4.79 Å². The maximum atomic E-state index is 10.7. The number of Topliss-reactive ketones (excluding diaryl/α,β-unsaturated/α-hetero) is 1. The van der Waals surface area contributed by atoms with Crippen LogP contribution in [0.1, 0.15) is 17.3 Å². The van der Waals surface area contributed by atoms with Crippen LogP contribution in [-0.2, 0) is 0 Å². The topological polar surface area (TPSA) is 89.0 Å². The van der Waals surface area contributed by atoms with E-state index in [1.165, 1.54) is 25.1 Å². The molecule has 0 spiro atoms. The second kappa shape index (κ2) is 3.73. The number of aromatic hydroxyl groups is 2. The van der Waals surface area contributed by atoms with Crippen LogP contribution < -0.4 is 0 Å². The van der Waals surface area contributed by atoms with Gasteiger partial charge in [-0.05, 0) is 19.1 Å². The molecule has 1 rings (SSSR count). The molecule has 66 valence electrons. The lowest BCUT2D eigenvalue weighted by Crippen LogP contribution is -1.90. The highest BCUT2D eigenvalue weighted by atomic mass is 16.3. The maximum absolute atomic E-state index is 10.7. The zero-order chi connectivity index (χ0) is 8.43. The number of carbonyl (C=O) groups excluding carboxylic acids is 1. The Bertz CT molecular complexity index is 273. The summed E-state index contributed by atoms with van der Waals surface area (Å²) in [6.45, 7) is 1.37. The molecule has 0 saturated carbocycles. The van der Waals surface area contributed by atoms with E-state index in [9.17, 15) is 4.79 Å². The molecule has 0 aliphatic heterocycles. The van der Waals surface area contributed by atoms with E-state index in [2.05, 4.69) is 0 Å². The summed E-state index contributed by atoms with van der Waals surface area (Å²) in [5.41, 5.74) is 0.308. The van der Waals surface area contributed by atoms with Gasteiger partial charge in [-0.15, -0.1) is 0 Å². The number of carbonyl (C=O) groups is 1. The first-order valence-electron chi connectivity index (χ1n) is 3.13. The summed E-state index contributed by atoms with van der Waals surface area (Å²) in [5, 5.41) is 17.9. The van der Waals surface area contributed by atoms with Crippen molar-refractivity contribution in [3.05, 3.63) is 23.8 Å². The predicted octanol–water partition coefficient (Wildman–Crippen LogP) is 0.476. The van der Waals surface area contributed by atoms with Crippen LogP contribution in [0.15, 0.2) is 18.2 Å². The standard InChI is InChI=1S/C8H8O3.H2O/c1-5(9)6-2-7(10)4-8(11)3-6;/h2-4,10-11H,1H3;1H2. The van der Waals surface area contributed by atoms with Crippen molar-refractivity contribution >= 4 is 5.78 Å². The molecule has 0 radical (unpaired) electrons. The Morgan fingerprint density at radius 3 is 1.92 bits per heavy atom. The van der Waals surface area contributed by atoms with E-state index in [1.54, 1.807) is 0 Å². The molecule has 0 atom stereocenters. The van der Waals surface area contributed by atoms with Crippen molar-refractivity contribution in [2.75, 3.05) is 0 Å². The summed E-state index contributed by atoms with van der Waals surface area (Å²) in [6, 6.07) is 3.79. The van der Waals surface area contributed by atoms with Crippen molar-refractivity contribution in [2.45, 2.75) is 6.92 Å². The van der Waals surface area contributed by atoms with E-state index in [0.717, 1.165) is 0 Å². The molecular weight excluding hydrogens is 160 g/mol. The fourth-order valence-corrected chi connectivity index (χ4v) is 0.798. The number of benzene rings is 1. The van der Waals surface area contributed by atoms with Crippen LogP contribution in [0.5, 0.6) is 11.5 Å². The third-order valence-electron chi connectivity index (χ3n) is 1.31. The van der Waals surface area contributed by atoms with Crippen LogP contribution in [0.4, 0.5) is 0 Å². The lowest BCUT2D eigenvalue weighted by atomic mass is 10.1. The van der Waals surface area contributed by atoms with Gasteiger partial charge in [-0.25, -0.2) is 0 Å². The summed E-state index contributed by atoms with van der Waals surface area (Å²) >= 11 is 0. The van der Waals surface area contributed by atoms with Crippen LogP contribution in [0.2, 0.25) is 0 Å². The number of rotatable bonds is 1. The molecule has 1 aromatic rings. The average Bonchev–Trinajstić information content (AvgIpc) is 1.85. The number of phenolic OH excluding ortho intramolecular Hbond substituents is 2. The van der Waals surface area contributed by atoms with Crippen LogP contribution >= 0.6 is 0 Å². The molecule has 0 aliphatic carbocycles. The number of phenols is 2. The number of hydrogen-bond acceptors (Lipinski definition) is 3. The molecule has 4 nitrogen and oxygen atoms in total. The summed E-state index contributed by atoms with van der Waals surface area (Å²) in [6.07, 6.45) is 0. The molecule has 1 aromatic carbocycles. The minimum Gasteiger partial charge on any atom is -0.508 e. The molecule has 0 fully saturated rings. The number of ketones is 1. The SMILES string of the molecule is CC(=O)c1cc(O)cc(O)c1.O. The first kappa shape index (κ1) is 10.4. The second-order valence-corrected chi connectivity index (χ2v) is 2.29. The molecule has 0 bridgehead atoms. The molecule has 0 saturated heterocycles. The van der Waals surface area contributed by atoms with Crippen molar-refractivity contribution < 1.29 is 20.5 Å². The Morgan fingerprint density at radius 1 is 1.17 bits per heavy atom. The lowest BCUT2D eigenvalue weighted by molar-refractivity contribution is 0.101. The molecule has 0 heterocycles. The van der Waals surface area contributed by atoms with E-state index in [0.29, 0.717) is 5.56 Å². The van der Waals surface area contributed by atoms with Gasteiger partial charge in [0.1, 0.15) is 11.5 Å². The van der Waals surface area contributed by atoms with Crippen LogP contribution in [0, 0.1) is 0 Å². The van der Waals surface area contributed by atoms with Gasteiger partial charge in [0, 0.05) is 11.6 Å². The quantitative estimate of drug-likeness (QED) is 0.600. The van der Waals surface area contributed by atoms with Gasteiger partial charge < -0.3 is 15.7 Å². The highest BCUT2D eigenvalue weighted by Gasteiger charge is 2.02. The minimum absolute atomic E-state index is 0. The normalized spacial score (nSPS) is 8.75. The van der Waals surface area contributed by atoms with Crippen molar-refractivity contribution in [1.82, 2.24) is 0 Å². The molecule has 12 heavy (non-hydrogen) atoms. The first-order chi connectivity index (χ1) is 5.09. The van der Waals surface area contributed by atoms with E-state index in [-0.39, 0.29) is 22.8 Å². The monoisotopic (exact) mass is 170 g/mol. The Labute approximate surface area is 69.4 Å². The third kappa shape index (κ3) is 2.25. The van der Waals surface area contributed by atoms with Crippen molar-refractivity contribution in [2.24, 2.45) is 0 Å². The lowest BCUT2D eigenvalue weighted by Gasteiger charge is -1.97. The maximum Gasteiger partial charge on any atom is 0.160 e. The van der Waals surface area contributed by atoms with Gasteiger partial charge in [0.05, 0.1) is 0 Å². The van der Waals surface area contributed by atoms with E-state index in [1.807, 2.05) is 0 Å². The van der Waals surface area contributed by atoms with Gasteiger partial charge in [0.2, 0.25) is 0 Å². The Hall–Kier alpha value is -1.55. The van der Waals surface area contributed by atoms with Crippen molar-refractivity contribution in [1.29, 1.82) is 0 Å². The predicted molar refractivity (Wildman–Crippen MR) is 43.4 cm³/mol. The Kier molecular flexibility index (Phi) is 3.25. The van der Waals surface area contributed by atoms with Crippen LogP contribution in [-0.4, -0.2) is 21.5 Å². The summed E-state index contributed by atoms with van der Waals surface area (Å²) < 4.78 is 0. The summed E-state index contributed by atoms with van der Waals surface area (Å²) in [5.74, 6) is -0.387. The number of hydrogen-bond donors (Lipinski definition) is 2. The second-order valence-electron chi connectivity index (χ2n) is 2.29. The first-order valence-corrected chi connectivity index (χ1v) is 3.13. The largest absolute Gasteiger partial charge is 0.508 e. The van der Waals surface area contributed by atoms with E-state index >= 15 is 0 Å². The molecule has 0 aromatic heterocycles. The molecule has 0 aliphatic rings. The van der Waals surface area contributed by atoms with Gasteiger partial charge in [0.15, 0.2) is 5.78 Å². The van der Waals surface area contributed by atoms with Gasteiger partial charge >= 0.3 is 0 Å². The fourth-order valence-electron chi connectivity index (χ4n) is 0.798. The van der Waals surface area contributed by atoms with Gasteiger partial charge in [-0.2, -0.15) is 0 Å². The molecule has 4 N–H and O–H groups in total. The third-order valence-corrected chi connectivity index (χ3v) is 1.31. The summed E-state index contributed by atoms with van der Waals surface area (Å²) in [4.78, 5) is 10.7. The Morgan fingerprint density at radius 2 is 1.58 bits per heavy atom. The zero-order valence-corrected chi connectivity index (χ0v) is 6.53. The van der Waals surface area contributed by atoms with Crippen molar-refractivity contribution in [3.8, 4) is 11.5 Å². The van der Waals surface area contributed by atoms with Gasteiger partial charge in [-0.1, -0.05) is 0 Å². The highest BCUT2D eigenvalue weighted by Crippen LogP contribution is 2.20. The molecule has 4 heteroatoms. The van der Waals surface area contributed by atoms with Crippen LogP contribution in [0.3, 0.4) is 0 Å². The molecule has 0 amide bonds. The minimum atomic E-state index is -0.184. The summed E-state index contributed by atoms with van der Waals surface area (Å²) in [7, 11) is 0. The average molecular weight is 170 g/mol. The highest BCUT2D eigenvalue weighted by molar-refractivity contribution is 5.94. The zero-order valence-electron chi connectivity index (χ0n) is 6.53. The van der Waals surface area contributed by atoms with Crippen molar-refractivity contribution in [3.63, 3.8) is 0 Å². The smallest absolute Gasteiger partial charge is 0.160 e. The van der Waals surface area contributed by atoms with E-state index < -0.39 is 0 Å².